The summed E-state index contributed by atoms with van der Waals surface area (Å²) < 4.78 is 45.5. The Balaban J connectivity index is 2.49. The van der Waals surface area contributed by atoms with E-state index in [9.17, 15) is 22.4 Å². The third kappa shape index (κ3) is 7.95. The molecule has 0 saturated heterocycles. The van der Waals surface area contributed by atoms with Crippen molar-refractivity contribution < 1.29 is 27.1 Å². The molecular weight excluding hydrogens is 473 g/mol. The van der Waals surface area contributed by atoms with Gasteiger partial charge in [0.05, 0.1) is 19.1 Å². The Morgan fingerprint density at radius 1 is 1.11 bits per heavy atom. The molecule has 0 radical (unpaired) electrons. The van der Waals surface area contributed by atoms with E-state index in [-0.39, 0.29) is 24.6 Å². The van der Waals surface area contributed by atoms with Gasteiger partial charge in [0.1, 0.15) is 24.2 Å². The van der Waals surface area contributed by atoms with Crippen LogP contribution in [0.15, 0.2) is 48.5 Å². The van der Waals surface area contributed by atoms with E-state index >= 15 is 0 Å². The second-order valence-corrected chi connectivity index (χ2v) is 11.2. The smallest absolute Gasteiger partial charge is 0.244 e. The molecule has 0 aliphatic rings. The first-order valence-corrected chi connectivity index (χ1v) is 13.1. The summed E-state index contributed by atoms with van der Waals surface area (Å²) in [6.45, 7) is 6.62. The number of nitrogens with one attached hydrogen (secondary N) is 1. The highest BCUT2D eigenvalue weighted by atomic mass is 32.2. The van der Waals surface area contributed by atoms with Crippen molar-refractivity contribution >= 4 is 27.5 Å². The summed E-state index contributed by atoms with van der Waals surface area (Å²) in [5.41, 5.74) is -0.0883. The molecule has 35 heavy (non-hydrogen) atoms. The molecule has 192 valence electrons. The minimum absolute atomic E-state index is 0.0287. The second-order valence-electron chi connectivity index (χ2n) is 9.26. The van der Waals surface area contributed by atoms with E-state index in [1.165, 1.54) is 30.2 Å². The lowest BCUT2D eigenvalue weighted by atomic mass is 10.1. The predicted octanol–water partition coefficient (Wildman–Crippen LogP) is 3.32. The number of hydrogen-bond donors (Lipinski definition) is 1. The van der Waals surface area contributed by atoms with Crippen LogP contribution >= 0.6 is 0 Å². The maximum absolute atomic E-state index is 14.5. The topological polar surface area (TPSA) is 96.0 Å². The van der Waals surface area contributed by atoms with Crippen LogP contribution in [-0.2, 0) is 26.2 Å². The molecule has 2 amide bonds. The lowest BCUT2D eigenvalue weighted by molar-refractivity contribution is -0.141. The number of ether oxygens (including phenoxy) is 1. The normalized spacial score (nSPS) is 12.5. The Bertz CT molecular complexity index is 1150. The molecule has 0 aliphatic carbocycles. The molecule has 8 nitrogen and oxygen atoms in total. The zero-order valence-corrected chi connectivity index (χ0v) is 21.9. The van der Waals surface area contributed by atoms with Gasteiger partial charge in [0.2, 0.25) is 21.8 Å². The summed E-state index contributed by atoms with van der Waals surface area (Å²) in [6.07, 6.45) is 1.19. The van der Waals surface area contributed by atoms with Gasteiger partial charge < -0.3 is 15.0 Å². The largest absolute Gasteiger partial charge is 0.497 e. The number of para-hydroxylation sites is 1. The van der Waals surface area contributed by atoms with Crippen molar-refractivity contribution in [2.75, 3.05) is 24.2 Å². The number of carbonyl (C=O) groups excluding carboxylic acids is 2. The number of halogens is 1. The number of methoxy groups -OCH3 is 1. The molecule has 2 aromatic rings. The average Bonchev–Trinajstić information content (AvgIpc) is 2.76. The van der Waals surface area contributed by atoms with E-state index in [2.05, 4.69) is 5.32 Å². The van der Waals surface area contributed by atoms with Crippen molar-refractivity contribution in [2.24, 2.45) is 0 Å². The minimum atomic E-state index is -4.01. The molecule has 0 heterocycles. The van der Waals surface area contributed by atoms with Crippen molar-refractivity contribution in [2.45, 2.75) is 52.2 Å². The number of benzene rings is 2. The third-order valence-corrected chi connectivity index (χ3v) is 6.30. The van der Waals surface area contributed by atoms with Crippen LogP contribution in [-0.4, -0.2) is 56.6 Å². The maximum atomic E-state index is 14.5. The first-order chi connectivity index (χ1) is 16.3. The fourth-order valence-corrected chi connectivity index (χ4v) is 4.44. The van der Waals surface area contributed by atoms with Crippen LogP contribution in [0.25, 0.3) is 0 Å². The average molecular weight is 508 g/mol. The summed E-state index contributed by atoms with van der Waals surface area (Å²) in [4.78, 5) is 28.1. The zero-order chi connectivity index (χ0) is 26.4. The molecule has 0 bridgehead atoms. The molecule has 1 atom stereocenters. The van der Waals surface area contributed by atoms with Crippen LogP contribution < -0.4 is 14.4 Å². The molecule has 2 aromatic carbocycles. The van der Waals surface area contributed by atoms with Gasteiger partial charge in [-0.2, -0.15) is 0 Å². The molecular formula is C25H34FN3O5S. The highest BCUT2D eigenvalue weighted by Crippen LogP contribution is 2.23. The van der Waals surface area contributed by atoms with Crippen molar-refractivity contribution in [1.29, 1.82) is 0 Å². The van der Waals surface area contributed by atoms with Crippen LogP contribution in [0.1, 0.15) is 39.7 Å². The quantitative estimate of drug-likeness (QED) is 0.532. The summed E-state index contributed by atoms with van der Waals surface area (Å²) in [6, 6.07) is 11.5. The SMILES string of the molecule is CCC(C(=O)NC(C)(C)C)N(Cc1cccc(OC)c1)C(=O)CN(c1ccccc1F)S(C)(=O)=O. The first kappa shape index (κ1) is 28.1. The van der Waals surface area contributed by atoms with Crippen LogP contribution in [0.3, 0.4) is 0 Å². The molecule has 1 N–H and O–H groups in total. The number of nitrogens with zero attached hydrogens (tertiary/aromatic N) is 2. The highest BCUT2D eigenvalue weighted by molar-refractivity contribution is 7.92. The predicted molar refractivity (Wildman–Crippen MR) is 134 cm³/mol. The second kappa shape index (κ2) is 11.5. The van der Waals surface area contributed by atoms with Gasteiger partial charge in [-0.1, -0.05) is 31.2 Å². The van der Waals surface area contributed by atoms with E-state index < -0.39 is 39.9 Å². The number of rotatable bonds is 10. The summed E-state index contributed by atoms with van der Waals surface area (Å²) in [5, 5.41) is 2.89. The van der Waals surface area contributed by atoms with Crippen LogP contribution in [0.4, 0.5) is 10.1 Å². The van der Waals surface area contributed by atoms with E-state index in [4.69, 9.17) is 4.74 Å². The van der Waals surface area contributed by atoms with Crippen molar-refractivity contribution in [3.63, 3.8) is 0 Å². The number of sulfonamides is 1. The summed E-state index contributed by atoms with van der Waals surface area (Å²) in [7, 11) is -2.49. The van der Waals surface area contributed by atoms with E-state index in [1.807, 2.05) is 20.8 Å². The molecule has 2 rings (SSSR count). The molecule has 0 aliphatic heterocycles. The van der Waals surface area contributed by atoms with Gasteiger partial charge in [0.15, 0.2) is 0 Å². The van der Waals surface area contributed by atoms with Crippen LogP contribution in [0.5, 0.6) is 5.75 Å². The molecule has 1 unspecified atom stereocenters. The van der Waals surface area contributed by atoms with Gasteiger partial charge in [-0.25, -0.2) is 12.8 Å². The third-order valence-electron chi connectivity index (χ3n) is 5.17. The number of amides is 2. The Labute approximate surface area is 207 Å². The molecule has 0 spiro atoms. The Hall–Kier alpha value is -3.14. The molecule has 0 aromatic heterocycles. The Kier molecular flexibility index (Phi) is 9.25. The fourth-order valence-electron chi connectivity index (χ4n) is 3.59. The van der Waals surface area contributed by atoms with E-state index in [0.29, 0.717) is 11.3 Å². The van der Waals surface area contributed by atoms with E-state index in [1.54, 1.807) is 31.2 Å². The number of anilines is 1. The van der Waals surface area contributed by atoms with E-state index in [0.717, 1.165) is 16.6 Å². The maximum Gasteiger partial charge on any atom is 0.244 e. The minimum Gasteiger partial charge on any atom is -0.497 e. The Morgan fingerprint density at radius 2 is 1.77 bits per heavy atom. The number of carbonyl (C=O) groups is 2. The van der Waals surface area contributed by atoms with Crippen molar-refractivity contribution in [3.05, 3.63) is 59.9 Å². The lowest BCUT2D eigenvalue weighted by Crippen LogP contribution is -2.55. The standard InChI is InChI=1S/C25H34FN3O5S/c1-7-21(24(31)27-25(2,3)4)28(16-18-11-10-12-19(15-18)34-5)23(30)17-29(35(6,32)33)22-14-9-8-13-20(22)26/h8-15,21H,7,16-17H2,1-6H3,(H,27,31). The van der Waals surface area contributed by atoms with Gasteiger partial charge in [-0.15, -0.1) is 0 Å². The molecule has 10 heteroatoms. The van der Waals surface area contributed by atoms with Gasteiger partial charge in [0.25, 0.3) is 0 Å². The van der Waals surface area contributed by atoms with Gasteiger partial charge in [0, 0.05) is 12.1 Å². The highest BCUT2D eigenvalue weighted by Gasteiger charge is 2.33. The van der Waals surface area contributed by atoms with Crippen molar-refractivity contribution in [1.82, 2.24) is 10.2 Å². The monoisotopic (exact) mass is 507 g/mol. The molecule has 0 fully saturated rings. The summed E-state index contributed by atoms with van der Waals surface area (Å²) >= 11 is 0. The Morgan fingerprint density at radius 3 is 2.31 bits per heavy atom. The fraction of sp³-hybridized carbons (Fsp3) is 0.440. The number of hydrogen-bond acceptors (Lipinski definition) is 5. The van der Waals surface area contributed by atoms with Gasteiger partial charge in [-0.3, -0.25) is 13.9 Å². The van der Waals surface area contributed by atoms with Crippen LogP contribution in [0, 0.1) is 5.82 Å². The van der Waals surface area contributed by atoms with Gasteiger partial charge in [-0.05, 0) is 57.0 Å². The molecule has 0 saturated carbocycles. The lowest BCUT2D eigenvalue weighted by Gasteiger charge is -2.34. The first-order valence-electron chi connectivity index (χ1n) is 11.2. The summed E-state index contributed by atoms with van der Waals surface area (Å²) in [5.74, 6) is -1.21. The van der Waals surface area contributed by atoms with Gasteiger partial charge >= 0.3 is 0 Å². The zero-order valence-electron chi connectivity index (χ0n) is 21.0. The van der Waals surface area contributed by atoms with Crippen molar-refractivity contribution in [3.8, 4) is 5.75 Å². The van der Waals surface area contributed by atoms with Crippen LogP contribution in [0.2, 0.25) is 0 Å².